The Morgan fingerprint density at radius 3 is 2.82 bits per heavy atom. The highest BCUT2D eigenvalue weighted by Crippen LogP contribution is 2.16. The van der Waals surface area contributed by atoms with Crippen LogP contribution in [0.15, 0.2) is 34.6 Å². The molecule has 7 nitrogen and oxygen atoms in total. The Morgan fingerprint density at radius 1 is 1.50 bits per heavy atom. The van der Waals surface area contributed by atoms with Gasteiger partial charge in [-0.05, 0) is 26.0 Å². The number of aromatic nitrogens is 2. The molecular formula is C14H17ClN4O3. The maximum absolute atomic E-state index is 11.9. The van der Waals surface area contributed by atoms with Crippen LogP contribution in [0.2, 0.25) is 5.15 Å². The summed E-state index contributed by atoms with van der Waals surface area (Å²) < 4.78 is 6.71. The van der Waals surface area contributed by atoms with Crippen LogP contribution in [-0.4, -0.2) is 28.2 Å². The molecule has 1 aromatic rings. The quantitative estimate of drug-likeness (QED) is 0.791. The third-order valence-corrected chi connectivity index (χ3v) is 3.05. The van der Waals surface area contributed by atoms with Crippen molar-refractivity contribution in [1.82, 2.24) is 15.1 Å². The third kappa shape index (κ3) is 3.88. The average molecular weight is 325 g/mol. The van der Waals surface area contributed by atoms with Crippen LogP contribution < -0.4 is 16.2 Å². The van der Waals surface area contributed by atoms with Crippen LogP contribution in [0.25, 0.3) is 0 Å². The first-order valence-electron chi connectivity index (χ1n) is 6.62. The van der Waals surface area contributed by atoms with Gasteiger partial charge < -0.3 is 15.4 Å². The number of carbonyl (C=O) groups is 1. The van der Waals surface area contributed by atoms with E-state index < -0.39 is 5.60 Å². The molecule has 1 aliphatic rings. The molecule has 0 atom stereocenters. The Bertz CT molecular complexity index is 707. The van der Waals surface area contributed by atoms with Crippen molar-refractivity contribution in [2.24, 2.45) is 7.05 Å². The fraction of sp³-hybridized carbons (Fsp3) is 0.357. The van der Waals surface area contributed by atoms with Gasteiger partial charge in [0.05, 0.1) is 6.54 Å². The van der Waals surface area contributed by atoms with Gasteiger partial charge in [-0.1, -0.05) is 11.6 Å². The summed E-state index contributed by atoms with van der Waals surface area (Å²) in [5, 5.41) is 10.0. The van der Waals surface area contributed by atoms with Gasteiger partial charge >= 0.3 is 0 Å². The van der Waals surface area contributed by atoms with Crippen LogP contribution in [0.4, 0.5) is 5.69 Å². The molecule has 0 amide bonds. The lowest BCUT2D eigenvalue weighted by Crippen LogP contribution is -2.33. The zero-order chi connectivity index (χ0) is 16.3. The number of hydrogen-bond donors (Lipinski definition) is 2. The molecule has 1 aliphatic heterocycles. The predicted molar refractivity (Wildman–Crippen MR) is 83.5 cm³/mol. The van der Waals surface area contributed by atoms with E-state index in [0.717, 1.165) is 11.0 Å². The number of aldehydes is 1. The second kappa shape index (κ2) is 6.23. The highest BCUT2D eigenvalue weighted by molar-refractivity contribution is 6.29. The second-order valence-corrected chi connectivity index (χ2v) is 5.71. The van der Waals surface area contributed by atoms with E-state index in [1.54, 1.807) is 26.0 Å². The molecule has 2 rings (SSSR count). The van der Waals surface area contributed by atoms with E-state index >= 15 is 0 Å². The van der Waals surface area contributed by atoms with Gasteiger partial charge in [0.25, 0.3) is 5.56 Å². The van der Waals surface area contributed by atoms with Gasteiger partial charge in [-0.25, -0.2) is 4.68 Å². The van der Waals surface area contributed by atoms with E-state index in [9.17, 15) is 9.59 Å². The van der Waals surface area contributed by atoms with Crippen molar-refractivity contribution >= 4 is 23.6 Å². The maximum atomic E-state index is 11.9. The van der Waals surface area contributed by atoms with Crippen molar-refractivity contribution < 1.29 is 9.53 Å². The van der Waals surface area contributed by atoms with Gasteiger partial charge in [0.15, 0.2) is 17.0 Å². The molecule has 118 valence electrons. The van der Waals surface area contributed by atoms with Crippen molar-refractivity contribution in [2.45, 2.75) is 19.4 Å². The Hall–Kier alpha value is -2.28. The van der Waals surface area contributed by atoms with Gasteiger partial charge in [0.1, 0.15) is 17.3 Å². The van der Waals surface area contributed by atoms with Crippen LogP contribution in [0, 0.1) is 0 Å². The molecule has 1 aromatic heterocycles. The summed E-state index contributed by atoms with van der Waals surface area (Å²) in [5.41, 5.74) is -0.853. The Labute approximate surface area is 132 Å². The summed E-state index contributed by atoms with van der Waals surface area (Å²) in [6.07, 6.45) is 4.19. The second-order valence-electron chi connectivity index (χ2n) is 5.32. The molecule has 0 saturated carbocycles. The molecule has 0 radical (unpaired) electrons. The molecule has 2 N–H and O–H groups in total. The van der Waals surface area contributed by atoms with Crippen LogP contribution in [0.5, 0.6) is 0 Å². The Morgan fingerprint density at radius 2 is 2.23 bits per heavy atom. The normalized spacial score (nSPS) is 14.5. The van der Waals surface area contributed by atoms with E-state index in [2.05, 4.69) is 15.7 Å². The number of rotatable bonds is 5. The van der Waals surface area contributed by atoms with Crippen molar-refractivity contribution in [3.8, 4) is 0 Å². The highest BCUT2D eigenvalue weighted by Gasteiger charge is 2.20. The predicted octanol–water partition coefficient (Wildman–Crippen LogP) is 1.17. The minimum atomic E-state index is -0.874. The van der Waals surface area contributed by atoms with Crippen LogP contribution in [0.1, 0.15) is 13.8 Å². The monoisotopic (exact) mass is 324 g/mol. The highest BCUT2D eigenvalue weighted by atomic mass is 35.5. The summed E-state index contributed by atoms with van der Waals surface area (Å²) >= 11 is 5.84. The van der Waals surface area contributed by atoms with E-state index in [4.69, 9.17) is 16.3 Å². The fourth-order valence-electron chi connectivity index (χ4n) is 1.80. The SMILES string of the molecule is Cn1nc(Cl)cc(NC2=CC=C(OC(C)(C)C=O)CN2)c1=O. The first-order chi connectivity index (χ1) is 10.3. The molecular weight excluding hydrogens is 308 g/mol. The maximum Gasteiger partial charge on any atom is 0.290 e. The van der Waals surface area contributed by atoms with E-state index in [1.807, 2.05) is 0 Å². The van der Waals surface area contributed by atoms with Crippen molar-refractivity contribution in [3.63, 3.8) is 0 Å². The van der Waals surface area contributed by atoms with Crippen molar-refractivity contribution in [2.75, 3.05) is 11.9 Å². The van der Waals surface area contributed by atoms with E-state index in [-0.39, 0.29) is 10.7 Å². The number of allylic oxidation sites excluding steroid dienone is 2. The number of aryl methyl sites for hydroxylation is 1. The molecule has 0 bridgehead atoms. The Kier molecular flexibility index (Phi) is 4.56. The smallest absolute Gasteiger partial charge is 0.290 e. The summed E-state index contributed by atoms with van der Waals surface area (Å²) in [4.78, 5) is 22.8. The topological polar surface area (TPSA) is 85.2 Å². The molecule has 8 heteroatoms. The molecule has 0 spiro atoms. The van der Waals surface area contributed by atoms with Gasteiger partial charge in [0, 0.05) is 13.1 Å². The van der Waals surface area contributed by atoms with Crippen LogP contribution in [0.3, 0.4) is 0 Å². The minimum absolute atomic E-state index is 0.216. The van der Waals surface area contributed by atoms with Gasteiger partial charge in [-0.2, -0.15) is 5.10 Å². The molecule has 0 fully saturated rings. The summed E-state index contributed by atoms with van der Waals surface area (Å²) in [6, 6.07) is 1.46. The van der Waals surface area contributed by atoms with Crippen molar-refractivity contribution in [3.05, 3.63) is 45.3 Å². The number of dihydropyridines is 1. The number of anilines is 1. The average Bonchev–Trinajstić information content (AvgIpc) is 2.46. The minimum Gasteiger partial charge on any atom is -0.483 e. The number of halogens is 1. The number of hydrogen-bond acceptors (Lipinski definition) is 6. The van der Waals surface area contributed by atoms with Gasteiger partial charge in [0.2, 0.25) is 0 Å². The zero-order valence-electron chi connectivity index (χ0n) is 12.5. The first kappa shape index (κ1) is 16.1. The molecule has 0 unspecified atom stereocenters. The first-order valence-corrected chi connectivity index (χ1v) is 6.99. The van der Waals surface area contributed by atoms with Crippen molar-refractivity contribution in [1.29, 1.82) is 0 Å². The van der Waals surface area contributed by atoms with Gasteiger partial charge in [-0.15, -0.1) is 0 Å². The standard InChI is InChI=1S/C14H17ClN4O3/c1-14(2,8-20)22-9-4-5-12(16-7-9)17-10-6-11(15)18-19(3)13(10)21/h4-6,8,16-17H,7H2,1-3H3. The lowest BCUT2D eigenvalue weighted by Gasteiger charge is -2.25. The lowest BCUT2D eigenvalue weighted by molar-refractivity contribution is -0.123. The lowest BCUT2D eigenvalue weighted by atomic mass is 10.1. The number of nitrogens with zero attached hydrogens (tertiary/aromatic N) is 2. The summed E-state index contributed by atoms with van der Waals surface area (Å²) in [7, 11) is 1.52. The molecule has 0 aromatic carbocycles. The number of carbonyl (C=O) groups excluding carboxylic acids is 1. The molecule has 0 saturated heterocycles. The Balaban J connectivity index is 2.13. The number of ether oxygens (including phenoxy) is 1. The summed E-state index contributed by atoms with van der Waals surface area (Å²) in [5.74, 6) is 1.25. The van der Waals surface area contributed by atoms with Gasteiger partial charge in [-0.3, -0.25) is 9.59 Å². The third-order valence-electron chi connectivity index (χ3n) is 2.87. The molecule has 2 heterocycles. The molecule has 0 aliphatic carbocycles. The molecule has 22 heavy (non-hydrogen) atoms. The van der Waals surface area contributed by atoms with E-state index in [1.165, 1.54) is 13.1 Å². The fourth-order valence-corrected chi connectivity index (χ4v) is 2.02. The largest absolute Gasteiger partial charge is 0.483 e. The van der Waals surface area contributed by atoms with Crippen LogP contribution >= 0.6 is 11.6 Å². The zero-order valence-corrected chi connectivity index (χ0v) is 13.3. The number of nitrogens with one attached hydrogen (secondary N) is 2. The summed E-state index contributed by atoms with van der Waals surface area (Å²) in [6.45, 7) is 3.76. The van der Waals surface area contributed by atoms with Crippen LogP contribution in [-0.2, 0) is 16.6 Å². The van der Waals surface area contributed by atoms with E-state index in [0.29, 0.717) is 23.8 Å².